The van der Waals surface area contributed by atoms with Gasteiger partial charge in [-0.1, -0.05) is 73.2 Å². The van der Waals surface area contributed by atoms with Crippen LogP contribution >= 0.6 is 53.4 Å². The van der Waals surface area contributed by atoms with Crippen LogP contribution in [0.4, 0.5) is 0 Å². The molecule has 2 heterocycles. The van der Waals surface area contributed by atoms with Crippen LogP contribution in [0.3, 0.4) is 0 Å². The number of alkyl halides is 1. The molecule has 0 amide bonds. The molecule has 2 aliphatic heterocycles. The molecule has 0 saturated carbocycles. The Bertz CT molecular complexity index is 276. The molecule has 0 nitrogen and oxygen atoms in total. The molecular formula is C12H28Br2Cl2Si4. The summed E-state index contributed by atoms with van der Waals surface area (Å²) in [5.41, 5.74) is 4.22. The van der Waals surface area contributed by atoms with Crippen LogP contribution in [0.15, 0.2) is 0 Å². The maximum atomic E-state index is 6.02. The van der Waals surface area contributed by atoms with E-state index in [1.54, 1.807) is 11.7 Å². The minimum atomic E-state index is -1.56. The van der Waals surface area contributed by atoms with Gasteiger partial charge in [0.15, 0.2) is 0 Å². The van der Waals surface area contributed by atoms with Gasteiger partial charge in [-0.15, -0.1) is 37.5 Å². The molecule has 20 heavy (non-hydrogen) atoms. The van der Waals surface area contributed by atoms with Gasteiger partial charge in [-0.3, -0.25) is 0 Å². The number of hydrogen-bond acceptors (Lipinski definition) is 0. The van der Waals surface area contributed by atoms with E-state index < -0.39 is 6.69 Å². The fraction of sp³-hybridized carbons (Fsp3) is 1.00. The molecule has 0 N–H and O–H groups in total. The van der Waals surface area contributed by atoms with Crippen LogP contribution in [0.25, 0.3) is 0 Å². The summed E-state index contributed by atoms with van der Waals surface area (Å²) in [7, 11) is -0.957. The summed E-state index contributed by atoms with van der Waals surface area (Å²) >= 11 is 19.6. The first-order valence-corrected chi connectivity index (χ1v) is 22.8. The molecule has 0 aliphatic carbocycles. The van der Waals surface area contributed by atoms with Gasteiger partial charge in [0.05, 0.1) is 0 Å². The van der Waals surface area contributed by atoms with Gasteiger partial charge >= 0.3 is 0 Å². The summed E-state index contributed by atoms with van der Waals surface area (Å²) in [6.45, 7) is 2.98. The van der Waals surface area contributed by atoms with Gasteiger partial charge in [0.1, 0.15) is 7.42 Å². The summed E-state index contributed by atoms with van der Waals surface area (Å²) in [6, 6.07) is 3.08. The molecule has 2 rings (SSSR count). The molecule has 0 aromatic heterocycles. The van der Waals surface area contributed by atoms with E-state index in [4.69, 9.17) is 22.2 Å². The molecule has 8 heteroatoms. The van der Waals surface area contributed by atoms with Crippen molar-refractivity contribution in [1.82, 2.24) is 0 Å². The number of halogens is 4. The Labute approximate surface area is 156 Å². The first kappa shape index (κ1) is 20.5. The van der Waals surface area contributed by atoms with Crippen molar-refractivity contribution in [2.75, 3.05) is 0 Å². The van der Waals surface area contributed by atoms with Crippen LogP contribution in [0, 0.1) is 0 Å². The highest BCUT2D eigenvalue weighted by atomic mass is 79.9. The van der Waals surface area contributed by atoms with Gasteiger partial charge in [-0.25, -0.2) is 0 Å². The molecule has 120 valence electrons. The fourth-order valence-corrected chi connectivity index (χ4v) is 40.5. The van der Waals surface area contributed by atoms with Gasteiger partial charge in [0.25, 0.3) is 0 Å². The molecule has 2 aliphatic rings. The monoisotopic (exact) mass is 512 g/mol. The predicted octanol–water partition coefficient (Wildman–Crippen LogP) is 5.55. The minimum absolute atomic E-state index is 0.239. The molecule has 0 radical (unpaired) electrons. The van der Waals surface area contributed by atoms with E-state index in [2.05, 4.69) is 45.1 Å². The van der Waals surface area contributed by atoms with Crippen molar-refractivity contribution >= 4 is 85.1 Å². The Morgan fingerprint density at radius 1 is 1.10 bits per heavy atom. The third kappa shape index (κ3) is 7.32. The van der Waals surface area contributed by atoms with Gasteiger partial charge in [0.2, 0.25) is 6.69 Å². The lowest BCUT2D eigenvalue weighted by Crippen LogP contribution is -2.50. The highest BCUT2D eigenvalue weighted by Gasteiger charge is 2.44. The predicted molar refractivity (Wildman–Crippen MR) is 114 cm³/mol. The summed E-state index contributed by atoms with van der Waals surface area (Å²) in [5.74, 6) is 0. The summed E-state index contributed by atoms with van der Waals surface area (Å²) < 4.78 is 1.03. The SMILES string of the molecule is CCCC[SiH]1C[SiH](Br)C1Br.CCCC[SiH]1C[Si](Cl)(Cl)C1. The normalized spacial score (nSPS) is 31.8. The zero-order valence-electron chi connectivity index (χ0n) is 12.7. The van der Waals surface area contributed by atoms with Gasteiger partial charge in [-0.2, -0.15) is 0 Å². The van der Waals surface area contributed by atoms with Crippen molar-refractivity contribution in [1.29, 1.82) is 0 Å². The lowest BCUT2D eigenvalue weighted by atomic mass is 10.4. The van der Waals surface area contributed by atoms with Crippen LogP contribution < -0.4 is 0 Å². The van der Waals surface area contributed by atoms with E-state index in [0.29, 0.717) is 0 Å². The Kier molecular flexibility index (Phi) is 10.5. The fourth-order valence-electron chi connectivity index (χ4n) is 2.87. The second-order valence-electron chi connectivity index (χ2n) is 6.37. The van der Waals surface area contributed by atoms with Crippen molar-refractivity contribution in [2.45, 2.75) is 72.7 Å². The second kappa shape index (κ2) is 10.3. The summed E-state index contributed by atoms with van der Waals surface area (Å²) in [4.78, 5) is 0. The zero-order chi connectivity index (χ0) is 15.2. The molecule has 3 unspecified atom stereocenters. The molecule has 0 aromatic rings. The minimum Gasteiger partial charge on any atom is -0.146 e. The Balaban J connectivity index is 0.000000200. The molecule has 2 saturated heterocycles. The molecule has 2 fully saturated rings. The maximum absolute atomic E-state index is 6.02. The second-order valence-corrected chi connectivity index (χ2v) is 32.3. The number of hydrogen-bond donors (Lipinski definition) is 0. The molecule has 0 bridgehead atoms. The average Bonchev–Trinajstić information content (AvgIpc) is 2.38. The largest absolute Gasteiger partial charge is 0.245 e. The van der Waals surface area contributed by atoms with Gasteiger partial charge in [0, 0.05) is 21.7 Å². The molecule has 0 spiro atoms. The zero-order valence-corrected chi connectivity index (χ0v) is 21.8. The Hall–Kier alpha value is 2.41. The van der Waals surface area contributed by atoms with Crippen LogP contribution in [0.5, 0.6) is 0 Å². The van der Waals surface area contributed by atoms with Crippen molar-refractivity contribution in [3.05, 3.63) is 0 Å². The van der Waals surface area contributed by atoms with E-state index in [0.717, 1.165) is 4.07 Å². The smallest absolute Gasteiger partial charge is 0.146 e. The Morgan fingerprint density at radius 3 is 2.05 bits per heavy atom. The van der Waals surface area contributed by atoms with E-state index in [1.807, 2.05) is 0 Å². The van der Waals surface area contributed by atoms with E-state index in [9.17, 15) is 0 Å². The van der Waals surface area contributed by atoms with Crippen LogP contribution in [-0.4, -0.2) is 35.8 Å². The quantitative estimate of drug-likeness (QED) is 0.247. The maximum Gasteiger partial charge on any atom is 0.245 e. The third-order valence-electron chi connectivity index (χ3n) is 4.39. The van der Waals surface area contributed by atoms with E-state index in [1.165, 1.54) is 43.1 Å². The molecule has 3 atom stereocenters. The van der Waals surface area contributed by atoms with Crippen molar-refractivity contribution in [3.8, 4) is 0 Å². The topological polar surface area (TPSA) is 0 Å². The van der Waals surface area contributed by atoms with Gasteiger partial charge < -0.3 is 0 Å². The van der Waals surface area contributed by atoms with Gasteiger partial charge in [-0.05, 0) is 11.3 Å². The summed E-state index contributed by atoms with van der Waals surface area (Å²) in [5, 5.41) is 0. The average molecular weight is 515 g/mol. The third-order valence-corrected chi connectivity index (χ3v) is 43.6. The van der Waals surface area contributed by atoms with Crippen LogP contribution in [-0.2, 0) is 0 Å². The summed E-state index contributed by atoms with van der Waals surface area (Å²) in [6.07, 6.45) is 5.61. The van der Waals surface area contributed by atoms with Crippen LogP contribution in [0.1, 0.15) is 39.5 Å². The van der Waals surface area contributed by atoms with Crippen LogP contribution in [0.2, 0.25) is 29.1 Å². The van der Waals surface area contributed by atoms with Crippen molar-refractivity contribution in [3.63, 3.8) is 0 Å². The number of unbranched alkanes of at least 4 members (excludes halogenated alkanes) is 2. The van der Waals surface area contributed by atoms with E-state index >= 15 is 0 Å². The highest BCUT2D eigenvalue weighted by Crippen LogP contribution is 2.40. The van der Waals surface area contributed by atoms with Crippen molar-refractivity contribution < 1.29 is 0 Å². The highest BCUT2D eigenvalue weighted by molar-refractivity contribution is 9.26. The Morgan fingerprint density at radius 2 is 1.65 bits per heavy atom. The lowest BCUT2D eigenvalue weighted by molar-refractivity contribution is 0.871. The van der Waals surface area contributed by atoms with Crippen molar-refractivity contribution in [2.24, 2.45) is 0 Å². The number of rotatable bonds is 6. The first-order chi connectivity index (χ1) is 9.39. The van der Waals surface area contributed by atoms with E-state index in [-0.39, 0.29) is 25.0 Å². The standard InChI is InChI=1S/C6H14Br2Si2.C6H14Cl2Si2/c1-2-3-4-9-5-10(8)6(9)7;1-2-3-4-9-5-10(7,8)6-9/h6,9-10H,2-5H2,1H3;9H,2-6H2,1H3. The molecular weight excluding hydrogens is 487 g/mol. The molecule has 0 aromatic carbocycles. The lowest BCUT2D eigenvalue weighted by Gasteiger charge is -2.35. The first-order valence-electron chi connectivity index (χ1n) is 8.05.